The van der Waals surface area contributed by atoms with Crippen molar-refractivity contribution in [3.8, 4) is 0 Å². The van der Waals surface area contributed by atoms with Gasteiger partial charge in [0.15, 0.2) is 0 Å². The van der Waals surface area contributed by atoms with Crippen molar-refractivity contribution in [2.24, 2.45) is 0 Å². The van der Waals surface area contributed by atoms with Gasteiger partial charge in [-0.3, -0.25) is 4.98 Å². The molecule has 3 heteroatoms. The minimum Gasteiger partial charge on any atom is -0.387 e. The number of halogens is 1. The molecule has 0 aliphatic carbocycles. The molecule has 0 bridgehead atoms. The van der Waals surface area contributed by atoms with Crippen LogP contribution < -0.4 is 0 Å². The van der Waals surface area contributed by atoms with E-state index < -0.39 is 6.10 Å². The molecule has 0 amide bonds. The first-order valence-corrected chi connectivity index (χ1v) is 4.91. The Morgan fingerprint density at radius 1 is 1.62 bits per heavy atom. The second kappa shape index (κ2) is 5.20. The molecular weight excluding hydrogens is 186 g/mol. The van der Waals surface area contributed by atoms with Crippen LogP contribution in [0.2, 0.25) is 5.02 Å². The molecule has 0 aliphatic rings. The van der Waals surface area contributed by atoms with Crippen LogP contribution in [0.15, 0.2) is 18.3 Å². The molecular formula is C10H14ClNO. The molecule has 1 aromatic rings. The third-order valence-corrected chi connectivity index (χ3v) is 2.15. The molecule has 0 saturated carbocycles. The summed E-state index contributed by atoms with van der Waals surface area (Å²) in [6, 6.07) is 3.42. The highest BCUT2D eigenvalue weighted by atomic mass is 35.5. The lowest BCUT2D eigenvalue weighted by atomic mass is 10.1. The number of aromatic nitrogens is 1. The summed E-state index contributed by atoms with van der Waals surface area (Å²) in [6.07, 6.45) is 3.99. The maximum absolute atomic E-state index is 9.65. The summed E-state index contributed by atoms with van der Waals surface area (Å²) in [7, 11) is 0. The first-order chi connectivity index (χ1) is 6.24. The molecule has 1 N–H and O–H groups in total. The van der Waals surface area contributed by atoms with Crippen molar-refractivity contribution in [2.75, 3.05) is 0 Å². The minimum atomic E-state index is -0.473. The van der Waals surface area contributed by atoms with E-state index in [1.165, 1.54) is 0 Å². The molecule has 0 aromatic carbocycles. The van der Waals surface area contributed by atoms with Crippen molar-refractivity contribution in [1.82, 2.24) is 4.98 Å². The molecule has 0 unspecified atom stereocenters. The van der Waals surface area contributed by atoms with Crippen molar-refractivity contribution in [2.45, 2.75) is 32.3 Å². The maximum Gasteiger partial charge on any atom is 0.0960 e. The highest BCUT2D eigenvalue weighted by Crippen LogP contribution is 2.19. The summed E-state index contributed by atoms with van der Waals surface area (Å²) >= 11 is 5.77. The normalized spacial score (nSPS) is 12.8. The summed E-state index contributed by atoms with van der Waals surface area (Å²) in [4.78, 5) is 4.06. The highest BCUT2D eigenvalue weighted by Gasteiger charge is 2.07. The van der Waals surface area contributed by atoms with Gasteiger partial charge in [-0.15, -0.1) is 0 Å². The quantitative estimate of drug-likeness (QED) is 0.809. The van der Waals surface area contributed by atoms with Crippen LogP contribution in [0.25, 0.3) is 0 Å². The zero-order valence-electron chi connectivity index (χ0n) is 7.70. The molecule has 1 atom stereocenters. The smallest absolute Gasteiger partial charge is 0.0960 e. The van der Waals surface area contributed by atoms with Crippen LogP contribution in [0.3, 0.4) is 0 Å². The van der Waals surface area contributed by atoms with E-state index >= 15 is 0 Å². The molecule has 13 heavy (non-hydrogen) atoms. The van der Waals surface area contributed by atoms with E-state index in [4.69, 9.17) is 11.6 Å². The lowest BCUT2D eigenvalue weighted by Gasteiger charge is -2.08. The Kier molecular flexibility index (Phi) is 4.19. The molecule has 0 saturated heterocycles. The number of unbranched alkanes of at least 4 members (excludes halogenated alkanes) is 1. The van der Waals surface area contributed by atoms with Gasteiger partial charge in [-0.25, -0.2) is 0 Å². The minimum absolute atomic E-state index is 0.473. The van der Waals surface area contributed by atoms with Gasteiger partial charge in [-0.1, -0.05) is 31.4 Å². The largest absolute Gasteiger partial charge is 0.387 e. The summed E-state index contributed by atoms with van der Waals surface area (Å²) in [6.45, 7) is 2.10. The molecule has 2 nitrogen and oxygen atoms in total. The topological polar surface area (TPSA) is 33.1 Å². The van der Waals surface area contributed by atoms with Crippen LogP contribution in [-0.2, 0) is 0 Å². The van der Waals surface area contributed by atoms with Gasteiger partial charge in [0.1, 0.15) is 0 Å². The van der Waals surface area contributed by atoms with Gasteiger partial charge in [0, 0.05) is 11.2 Å². The van der Waals surface area contributed by atoms with Gasteiger partial charge >= 0.3 is 0 Å². The van der Waals surface area contributed by atoms with Crippen LogP contribution in [0.1, 0.15) is 38.0 Å². The standard InChI is InChI=1S/C10H14ClNO/c1-2-3-4-10(13)9-7-8(11)5-6-12-9/h5-7,10,13H,2-4H2,1H3/t10-/m1/s1. The number of nitrogens with zero attached hydrogens (tertiary/aromatic N) is 1. The zero-order chi connectivity index (χ0) is 9.68. The van der Waals surface area contributed by atoms with E-state index in [0.29, 0.717) is 10.7 Å². The van der Waals surface area contributed by atoms with Crippen LogP contribution in [0.4, 0.5) is 0 Å². The van der Waals surface area contributed by atoms with Crippen LogP contribution in [0.5, 0.6) is 0 Å². The molecule has 1 heterocycles. The molecule has 0 spiro atoms. The Morgan fingerprint density at radius 3 is 3.00 bits per heavy atom. The van der Waals surface area contributed by atoms with E-state index in [1.807, 2.05) is 0 Å². The van der Waals surface area contributed by atoms with Crippen LogP contribution in [0, 0.1) is 0 Å². The van der Waals surface area contributed by atoms with Gasteiger partial charge < -0.3 is 5.11 Å². The molecule has 0 fully saturated rings. The monoisotopic (exact) mass is 199 g/mol. The predicted molar refractivity (Wildman–Crippen MR) is 53.7 cm³/mol. The fraction of sp³-hybridized carbons (Fsp3) is 0.500. The van der Waals surface area contributed by atoms with Crippen molar-refractivity contribution in [3.05, 3.63) is 29.0 Å². The van der Waals surface area contributed by atoms with E-state index in [2.05, 4.69) is 11.9 Å². The summed E-state index contributed by atoms with van der Waals surface area (Å²) < 4.78 is 0. The lowest BCUT2D eigenvalue weighted by molar-refractivity contribution is 0.159. The third kappa shape index (κ3) is 3.33. The van der Waals surface area contributed by atoms with Gasteiger partial charge in [0.05, 0.1) is 11.8 Å². The van der Waals surface area contributed by atoms with E-state index in [0.717, 1.165) is 19.3 Å². The maximum atomic E-state index is 9.65. The van der Waals surface area contributed by atoms with Crippen molar-refractivity contribution < 1.29 is 5.11 Å². The second-order valence-electron chi connectivity index (χ2n) is 3.06. The highest BCUT2D eigenvalue weighted by molar-refractivity contribution is 6.30. The average Bonchev–Trinajstić information content (AvgIpc) is 2.14. The summed E-state index contributed by atoms with van der Waals surface area (Å²) in [5, 5.41) is 10.3. The first kappa shape index (κ1) is 10.5. The van der Waals surface area contributed by atoms with Gasteiger partial charge in [0.25, 0.3) is 0 Å². The first-order valence-electron chi connectivity index (χ1n) is 4.53. The fourth-order valence-electron chi connectivity index (χ4n) is 1.15. The van der Waals surface area contributed by atoms with Gasteiger partial charge in [-0.05, 0) is 18.6 Å². The number of pyridine rings is 1. The van der Waals surface area contributed by atoms with E-state index in [1.54, 1.807) is 18.3 Å². The fourth-order valence-corrected chi connectivity index (χ4v) is 1.32. The molecule has 1 rings (SSSR count). The molecule has 72 valence electrons. The average molecular weight is 200 g/mol. The number of hydrogen-bond donors (Lipinski definition) is 1. The van der Waals surface area contributed by atoms with Crippen molar-refractivity contribution in [3.63, 3.8) is 0 Å². The number of aliphatic hydroxyl groups is 1. The third-order valence-electron chi connectivity index (χ3n) is 1.92. The summed E-state index contributed by atoms with van der Waals surface area (Å²) in [5.74, 6) is 0. The Hall–Kier alpha value is -0.600. The zero-order valence-corrected chi connectivity index (χ0v) is 8.46. The number of rotatable bonds is 4. The predicted octanol–water partition coefficient (Wildman–Crippen LogP) is 2.96. The van der Waals surface area contributed by atoms with Gasteiger partial charge in [-0.2, -0.15) is 0 Å². The second-order valence-corrected chi connectivity index (χ2v) is 3.49. The SMILES string of the molecule is CCCC[C@@H](O)c1cc(Cl)ccn1. The molecule has 0 radical (unpaired) electrons. The van der Waals surface area contributed by atoms with Crippen LogP contribution in [-0.4, -0.2) is 10.1 Å². The molecule has 0 aliphatic heterocycles. The number of aliphatic hydroxyl groups excluding tert-OH is 1. The Morgan fingerprint density at radius 2 is 2.38 bits per heavy atom. The van der Waals surface area contributed by atoms with Crippen molar-refractivity contribution in [1.29, 1.82) is 0 Å². The Bertz CT molecular complexity index is 265. The number of hydrogen-bond acceptors (Lipinski definition) is 2. The van der Waals surface area contributed by atoms with Gasteiger partial charge in [0.2, 0.25) is 0 Å². The van der Waals surface area contributed by atoms with Crippen molar-refractivity contribution >= 4 is 11.6 Å². The Labute approximate surface area is 83.6 Å². The Balaban J connectivity index is 2.60. The van der Waals surface area contributed by atoms with Crippen LogP contribution >= 0.6 is 11.6 Å². The molecule has 1 aromatic heterocycles. The van der Waals surface area contributed by atoms with E-state index in [-0.39, 0.29) is 0 Å². The lowest BCUT2D eigenvalue weighted by Crippen LogP contribution is -1.99. The van der Waals surface area contributed by atoms with E-state index in [9.17, 15) is 5.11 Å². The summed E-state index contributed by atoms with van der Waals surface area (Å²) in [5.41, 5.74) is 0.668.